The summed E-state index contributed by atoms with van der Waals surface area (Å²) in [5, 5.41) is 29.3. The Morgan fingerprint density at radius 2 is 1.04 bits per heavy atom. The van der Waals surface area contributed by atoms with E-state index in [0.717, 1.165) is 56.8 Å². The molecule has 0 bridgehead atoms. The first-order valence-electron chi connectivity index (χ1n) is 16.2. The fourth-order valence-electron chi connectivity index (χ4n) is 5.23. The van der Waals surface area contributed by atoms with Gasteiger partial charge in [0.05, 0.1) is 54.8 Å². The number of benzene rings is 4. The molecule has 2 N–H and O–H groups in total. The van der Waals surface area contributed by atoms with Crippen LogP contribution in [0.4, 0.5) is 0 Å². The van der Waals surface area contributed by atoms with Gasteiger partial charge in [-0.3, -0.25) is 14.8 Å². The third-order valence-corrected chi connectivity index (χ3v) is 8.49. The lowest BCUT2D eigenvalue weighted by Crippen LogP contribution is -2.22. The quantitative estimate of drug-likeness (QED) is 0.0948. The highest BCUT2D eigenvalue weighted by Crippen LogP contribution is 2.28. The Kier molecular flexibility index (Phi) is 12.7. The Bertz CT molecular complexity index is 2090. The highest BCUT2D eigenvalue weighted by molar-refractivity contribution is 6.30. The van der Waals surface area contributed by atoms with E-state index in [-0.39, 0.29) is 18.7 Å². The van der Waals surface area contributed by atoms with Gasteiger partial charge in [0.2, 0.25) is 5.91 Å². The SMILES string of the molecule is COc1ccc(-n2nc(CCC(=O)N(C)O)cc2-c2ccc(Cl)cc2)cc1.COc1ccc(-n2nc(CCC(=O)O)cc2-c2ccc(Cl)cc2)cc1. The van der Waals surface area contributed by atoms with Crippen LogP contribution in [0, 0.1) is 0 Å². The number of carbonyl (C=O) groups is 2. The van der Waals surface area contributed by atoms with Crippen LogP contribution < -0.4 is 9.47 Å². The first-order chi connectivity index (χ1) is 25.0. The maximum absolute atomic E-state index is 11.7. The molecule has 0 aliphatic carbocycles. The van der Waals surface area contributed by atoms with E-state index in [1.54, 1.807) is 18.9 Å². The molecule has 0 unspecified atom stereocenters. The molecule has 268 valence electrons. The molecular formula is C39H37Cl2N5O6. The number of hydrogen-bond acceptors (Lipinski definition) is 7. The first-order valence-corrected chi connectivity index (χ1v) is 17.0. The summed E-state index contributed by atoms with van der Waals surface area (Å²) < 4.78 is 14.0. The predicted octanol–water partition coefficient (Wildman–Crippen LogP) is 8.20. The van der Waals surface area contributed by atoms with E-state index < -0.39 is 5.97 Å². The number of amides is 1. The number of aromatic nitrogens is 4. The number of carboxylic acids is 1. The van der Waals surface area contributed by atoms with Gasteiger partial charge < -0.3 is 14.6 Å². The Labute approximate surface area is 311 Å². The standard InChI is InChI=1S/C20H20ClN3O3.C19H17ClN2O3/c1-23(26)20(25)12-7-16-13-19(14-3-5-15(21)6-4-14)24(22-16)17-8-10-18(27-2)11-9-17;1-25-17-9-7-16(8-10-17)22-18(13-2-4-14(20)5-3-13)12-15(21-22)6-11-19(23)24/h3-6,8-11,13,26H,7,12H2,1-2H3;2-5,7-10,12H,6,11H2,1H3,(H,23,24). The minimum absolute atomic E-state index is 0.0414. The topological polar surface area (TPSA) is 132 Å². The number of halogens is 2. The maximum atomic E-state index is 11.7. The van der Waals surface area contributed by atoms with Gasteiger partial charge in [0.1, 0.15) is 11.5 Å². The number of aliphatic carboxylic acids is 1. The lowest BCUT2D eigenvalue weighted by atomic mass is 10.1. The smallest absolute Gasteiger partial charge is 0.303 e. The summed E-state index contributed by atoms with van der Waals surface area (Å²) in [5.41, 5.74) is 6.90. The second-order valence-electron chi connectivity index (χ2n) is 11.6. The van der Waals surface area contributed by atoms with E-state index in [4.69, 9.17) is 37.8 Å². The lowest BCUT2D eigenvalue weighted by Gasteiger charge is -2.09. The van der Waals surface area contributed by atoms with Gasteiger partial charge in [0.25, 0.3) is 0 Å². The van der Waals surface area contributed by atoms with E-state index in [1.807, 2.05) is 114 Å². The first kappa shape index (κ1) is 37.6. The van der Waals surface area contributed by atoms with Crippen LogP contribution >= 0.6 is 23.2 Å². The molecule has 2 aromatic heterocycles. The summed E-state index contributed by atoms with van der Waals surface area (Å²) in [5.74, 6) is 0.319. The van der Waals surface area contributed by atoms with Crippen molar-refractivity contribution in [1.29, 1.82) is 0 Å². The van der Waals surface area contributed by atoms with Gasteiger partial charge in [-0.05, 0) is 84.9 Å². The van der Waals surface area contributed by atoms with Crippen LogP contribution in [-0.4, -0.2) is 68.1 Å². The zero-order chi connectivity index (χ0) is 37.2. The van der Waals surface area contributed by atoms with Crippen LogP contribution in [-0.2, 0) is 22.4 Å². The highest BCUT2D eigenvalue weighted by atomic mass is 35.5. The van der Waals surface area contributed by atoms with Crippen LogP contribution in [0.3, 0.4) is 0 Å². The number of methoxy groups -OCH3 is 2. The Morgan fingerprint density at radius 3 is 1.38 bits per heavy atom. The van der Waals surface area contributed by atoms with E-state index in [0.29, 0.717) is 28.0 Å². The van der Waals surface area contributed by atoms with Crippen molar-refractivity contribution >= 4 is 35.1 Å². The number of hydroxylamine groups is 2. The molecule has 0 spiro atoms. The number of nitrogens with zero attached hydrogens (tertiary/aromatic N) is 5. The van der Waals surface area contributed by atoms with Gasteiger partial charge in [-0.15, -0.1) is 0 Å². The zero-order valence-corrected chi connectivity index (χ0v) is 30.3. The number of rotatable bonds is 12. The van der Waals surface area contributed by atoms with E-state index >= 15 is 0 Å². The van der Waals surface area contributed by atoms with Gasteiger partial charge in [-0.2, -0.15) is 10.2 Å². The van der Waals surface area contributed by atoms with Crippen molar-refractivity contribution in [3.8, 4) is 45.4 Å². The molecule has 11 nitrogen and oxygen atoms in total. The van der Waals surface area contributed by atoms with Crippen molar-refractivity contribution in [2.45, 2.75) is 25.7 Å². The number of aryl methyl sites for hydroxylation is 2. The van der Waals surface area contributed by atoms with E-state index in [2.05, 4.69) is 10.2 Å². The van der Waals surface area contributed by atoms with E-state index in [9.17, 15) is 14.8 Å². The lowest BCUT2D eigenvalue weighted by molar-refractivity contribution is -0.159. The molecule has 0 saturated heterocycles. The summed E-state index contributed by atoms with van der Waals surface area (Å²) in [6.45, 7) is 0. The predicted molar refractivity (Wildman–Crippen MR) is 200 cm³/mol. The molecule has 1 amide bonds. The Hall–Kier alpha value is -5.62. The molecule has 6 rings (SSSR count). The molecule has 0 fully saturated rings. The molecule has 0 aliphatic rings. The average molecular weight is 743 g/mol. The molecule has 0 saturated carbocycles. The summed E-state index contributed by atoms with van der Waals surface area (Å²) in [4.78, 5) is 22.5. The number of hydrogen-bond donors (Lipinski definition) is 2. The average Bonchev–Trinajstić information content (AvgIpc) is 3.79. The van der Waals surface area contributed by atoms with Crippen molar-refractivity contribution in [3.05, 3.63) is 131 Å². The van der Waals surface area contributed by atoms with Crippen molar-refractivity contribution in [2.75, 3.05) is 21.3 Å². The monoisotopic (exact) mass is 741 g/mol. The van der Waals surface area contributed by atoms with Gasteiger partial charge in [0.15, 0.2) is 0 Å². The van der Waals surface area contributed by atoms with Gasteiger partial charge in [-0.25, -0.2) is 14.4 Å². The molecule has 0 radical (unpaired) electrons. The third kappa shape index (κ3) is 9.79. The normalized spacial score (nSPS) is 10.7. The van der Waals surface area contributed by atoms with Crippen LogP contribution in [0.5, 0.6) is 11.5 Å². The van der Waals surface area contributed by atoms with Crippen LogP contribution in [0.1, 0.15) is 24.2 Å². The fraction of sp³-hybridized carbons (Fsp3) is 0.179. The molecule has 2 heterocycles. The zero-order valence-electron chi connectivity index (χ0n) is 28.7. The molecule has 0 atom stereocenters. The minimum Gasteiger partial charge on any atom is -0.497 e. The van der Waals surface area contributed by atoms with Crippen molar-refractivity contribution in [1.82, 2.24) is 24.6 Å². The van der Waals surface area contributed by atoms with Crippen LogP contribution in [0.2, 0.25) is 10.0 Å². The molecule has 6 aromatic rings. The summed E-state index contributed by atoms with van der Waals surface area (Å²) >= 11 is 12.0. The Morgan fingerprint density at radius 1 is 0.654 bits per heavy atom. The molecule has 0 aliphatic heterocycles. The second-order valence-corrected chi connectivity index (χ2v) is 12.5. The highest BCUT2D eigenvalue weighted by Gasteiger charge is 2.15. The molecule has 52 heavy (non-hydrogen) atoms. The molecular weight excluding hydrogens is 705 g/mol. The second kappa shape index (κ2) is 17.5. The summed E-state index contributed by atoms with van der Waals surface area (Å²) in [6.07, 6.45) is 1.01. The van der Waals surface area contributed by atoms with Gasteiger partial charge in [-0.1, -0.05) is 47.5 Å². The van der Waals surface area contributed by atoms with Crippen molar-refractivity contribution < 1.29 is 29.4 Å². The van der Waals surface area contributed by atoms with Crippen molar-refractivity contribution in [2.24, 2.45) is 0 Å². The third-order valence-electron chi connectivity index (χ3n) is 7.98. The maximum Gasteiger partial charge on any atom is 0.303 e. The minimum atomic E-state index is -0.841. The van der Waals surface area contributed by atoms with Crippen molar-refractivity contribution in [3.63, 3.8) is 0 Å². The molecule has 4 aromatic carbocycles. The summed E-state index contributed by atoms with van der Waals surface area (Å²) in [7, 11) is 4.55. The summed E-state index contributed by atoms with van der Waals surface area (Å²) in [6, 6.07) is 33.9. The van der Waals surface area contributed by atoms with Crippen LogP contribution in [0.15, 0.2) is 109 Å². The number of ether oxygens (including phenoxy) is 2. The van der Waals surface area contributed by atoms with Crippen LogP contribution in [0.25, 0.3) is 33.9 Å². The molecule has 13 heteroatoms. The van der Waals surface area contributed by atoms with E-state index in [1.165, 1.54) is 7.05 Å². The van der Waals surface area contributed by atoms with Gasteiger partial charge >= 0.3 is 5.97 Å². The van der Waals surface area contributed by atoms with Gasteiger partial charge in [0, 0.05) is 47.5 Å². The number of carbonyl (C=O) groups excluding carboxylic acids is 1. The number of carboxylic acid groups (broad SMARTS) is 1. The Balaban J connectivity index is 0.000000202. The fourth-order valence-corrected chi connectivity index (χ4v) is 5.48. The largest absolute Gasteiger partial charge is 0.497 e.